The van der Waals surface area contributed by atoms with Gasteiger partial charge in [-0.2, -0.15) is 5.10 Å². The van der Waals surface area contributed by atoms with Gasteiger partial charge in [0.1, 0.15) is 17.3 Å². The van der Waals surface area contributed by atoms with Crippen molar-refractivity contribution in [1.29, 1.82) is 0 Å². The van der Waals surface area contributed by atoms with E-state index in [0.29, 0.717) is 36.5 Å². The van der Waals surface area contributed by atoms with Gasteiger partial charge in [-0.15, -0.1) is 0 Å². The smallest absolute Gasteiger partial charge is 0.167 e. The predicted octanol–water partition coefficient (Wildman–Crippen LogP) is 5.25. The molecule has 0 atom stereocenters. The maximum Gasteiger partial charge on any atom is 0.167 e. The minimum Gasteiger partial charge on any atom is -0.460 e. The second-order valence-electron chi connectivity index (χ2n) is 7.51. The lowest BCUT2D eigenvalue weighted by atomic mass is 9.75. The summed E-state index contributed by atoms with van der Waals surface area (Å²) in [5, 5.41) is 4.30. The minimum absolute atomic E-state index is 0.0922. The van der Waals surface area contributed by atoms with Gasteiger partial charge in [-0.3, -0.25) is 9.48 Å². The molecule has 3 aromatic rings. The highest BCUT2D eigenvalue weighted by Crippen LogP contribution is 2.41. The van der Waals surface area contributed by atoms with Crippen LogP contribution in [0.3, 0.4) is 0 Å². The molecule has 0 radical (unpaired) electrons. The number of rotatable bonds is 3. The van der Waals surface area contributed by atoms with Crippen LogP contribution in [-0.4, -0.2) is 15.6 Å². The lowest BCUT2D eigenvalue weighted by molar-refractivity contribution is 0.0903. The normalized spacial score (nSPS) is 15.9. The van der Waals surface area contributed by atoms with Crippen LogP contribution < -0.4 is 0 Å². The molecular formula is C20H18BrFN2O2. The Kier molecular flexibility index (Phi) is 4.10. The number of halogens is 2. The van der Waals surface area contributed by atoms with Crippen LogP contribution in [0, 0.1) is 11.2 Å². The lowest BCUT2D eigenvalue weighted by Crippen LogP contribution is -2.26. The first kappa shape index (κ1) is 17.2. The summed E-state index contributed by atoms with van der Waals surface area (Å²) in [4.78, 5) is 12.9. The zero-order valence-corrected chi connectivity index (χ0v) is 16.1. The van der Waals surface area contributed by atoms with Crippen molar-refractivity contribution in [2.75, 3.05) is 0 Å². The number of nitrogens with zero attached hydrogens (tertiary/aromatic N) is 2. The van der Waals surface area contributed by atoms with Gasteiger partial charge in [0.25, 0.3) is 0 Å². The molecule has 1 aliphatic carbocycles. The van der Waals surface area contributed by atoms with E-state index in [9.17, 15) is 9.18 Å². The van der Waals surface area contributed by atoms with Gasteiger partial charge in [0, 0.05) is 30.2 Å². The number of aromatic nitrogens is 2. The molecule has 0 spiro atoms. The molecule has 4 rings (SSSR count). The van der Waals surface area contributed by atoms with E-state index < -0.39 is 0 Å². The van der Waals surface area contributed by atoms with Crippen LogP contribution in [0.15, 0.2) is 45.5 Å². The molecule has 4 nitrogen and oxygen atoms in total. The molecule has 1 aromatic carbocycles. The van der Waals surface area contributed by atoms with Gasteiger partial charge in [-0.1, -0.05) is 13.8 Å². The Balaban J connectivity index is 1.87. The second kappa shape index (κ2) is 6.20. The first-order valence-electron chi connectivity index (χ1n) is 8.44. The van der Waals surface area contributed by atoms with Crippen LogP contribution in [0.25, 0.3) is 11.3 Å². The highest BCUT2D eigenvalue weighted by atomic mass is 79.9. The highest BCUT2D eigenvalue weighted by Gasteiger charge is 2.37. The number of Topliss-reactive ketones (excluding diaryl/α,β-unsaturated/α-hetero) is 1. The zero-order valence-electron chi connectivity index (χ0n) is 14.6. The predicted molar refractivity (Wildman–Crippen MR) is 99.6 cm³/mol. The molecule has 0 amide bonds. The molecule has 0 saturated carbocycles. The quantitative estimate of drug-likeness (QED) is 0.585. The van der Waals surface area contributed by atoms with Gasteiger partial charge >= 0.3 is 0 Å². The maximum absolute atomic E-state index is 13.3. The van der Waals surface area contributed by atoms with Crippen molar-refractivity contribution < 1.29 is 13.6 Å². The fourth-order valence-electron chi connectivity index (χ4n) is 3.56. The summed E-state index contributed by atoms with van der Waals surface area (Å²) in [5.74, 6) is 1.12. The molecule has 0 unspecified atom stereocenters. The van der Waals surface area contributed by atoms with E-state index >= 15 is 0 Å². The number of carbonyl (C=O) groups is 1. The van der Waals surface area contributed by atoms with Gasteiger partial charge in [0.2, 0.25) is 0 Å². The van der Waals surface area contributed by atoms with E-state index in [1.807, 2.05) is 6.20 Å². The van der Waals surface area contributed by atoms with Crippen LogP contribution in [-0.2, 0) is 13.0 Å². The number of hydrogen-bond acceptors (Lipinski definition) is 3. The topological polar surface area (TPSA) is 48.0 Å². The van der Waals surface area contributed by atoms with Gasteiger partial charge in [-0.05, 0) is 45.6 Å². The largest absolute Gasteiger partial charge is 0.460 e. The zero-order chi connectivity index (χ0) is 18.5. The Labute approximate surface area is 159 Å². The van der Waals surface area contributed by atoms with Crippen molar-refractivity contribution >= 4 is 21.7 Å². The van der Waals surface area contributed by atoms with E-state index in [-0.39, 0.29) is 17.0 Å². The first-order valence-corrected chi connectivity index (χ1v) is 9.23. The fourth-order valence-corrected chi connectivity index (χ4v) is 3.89. The monoisotopic (exact) mass is 416 g/mol. The van der Waals surface area contributed by atoms with Crippen LogP contribution >= 0.6 is 15.9 Å². The van der Waals surface area contributed by atoms with Crippen molar-refractivity contribution in [2.45, 2.75) is 33.2 Å². The average molecular weight is 417 g/mol. The van der Waals surface area contributed by atoms with Crippen LogP contribution in [0.1, 0.15) is 41.9 Å². The highest BCUT2D eigenvalue weighted by molar-refractivity contribution is 9.10. The van der Waals surface area contributed by atoms with E-state index in [2.05, 4.69) is 34.9 Å². The summed E-state index contributed by atoms with van der Waals surface area (Å²) in [6.07, 6.45) is 4.74. The summed E-state index contributed by atoms with van der Waals surface area (Å²) < 4.78 is 22.1. The number of hydrogen-bond donors (Lipinski definition) is 0. The Morgan fingerprint density at radius 2 is 2.00 bits per heavy atom. The summed E-state index contributed by atoms with van der Waals surface area (Å²) in [5.41, 5.74) is 2.10. The van der Waals surface area contributed by atoms with Crippen LogP contribution in [0.2, 0.25) is 0 Å². The standard InChI is InChI=1S/C20H18BrFN2O2/c1-20(2)7-16(25)18-15(11-24-10-13(21)9-23-24)19(26-17(18)8-20)12-3-5-14(22)6-4-12/h3-6,9-10H,7-8,11H2,1-2H3. The van der Waals surface area contributed by atoms with Crippen molar-refractivity contribution in [2.24, 2.45) is 5.41 Å². The molecule has 0 saturated heterocycles. The Morgan fingerprint density at radius 1 is 1.27 bits per heavy atom. The second-order valence-corrected chi connectivity index (χ2v) is 8.43. The lowest BCUT2D eigenvalue weighted by Gasteiger charge is -2.27. The molecule has 6 heteroatoms. The van der Waals surface area contributed by atoms with Gasteiger partial charge < -0.3 is 4.42 Å². The van der Waals surface area contributed by atoms with Crippen LogP contribution in [0.4, 0.5) is 4.39 Å². The molecule has 1 aliphatic rings. The molecule has 134 valence electrons. The van der Waals surface area contributed by atoms with Crippen molar-refractivity contribution in [1.82, 2.24) is 9.78 Å². The Bertz CT molecular complexity index is 986. The molecule has 2 heterocycles. The summed E-state index contributed by atoms with van der Waals surface area (Å²) >= 11 is 3.39. The number of furan rings is 1. The maximum atomic E-state index is 13.3. The van der Waals surface area contributed by atoms with E-state index in [4.69, 9.17) is 4.42 Å². The summed E-state index contributed by atoms with van der Waals surface area (Å²) in [7, 11) is 0. The van der Waals surface area contributed by atoms with Gasteiger partial charge in [-0.25, -0.2) is 4.39 Å². The minimum atomic E-state index is -0.306. The van der Waals surface area contributed by atoms with Gasteiger partial charge in [0.05, 0.1) is 22.8 Å². The molecule has 26 heavy (non-hydrogen) atoms. The van der Waals surface area contributed by atoms with Crippen molar-refractivity contribution in [3.8, 4) is 11.3 Å². The fraction of sp³-hybridized carbons (Fsp3) is 0.300. The van der Waals surface area contributed by atoms with Crippen LogP contribution in [0.5, 0.6) is 0 Å². The first-order chi connectivity index (χ1) is 12.3. The Hall–Kier alpha value is -2.21. The third kappa shape index (κ3) is 3.14. The molecule has 0 N–H and O–H groups in total. The number of ketones is 1. The number of carbonyl (C=O) groups excluding carboxylic acids is 1. The number of fused-ring (bicyclic) bond motifs is 1. The molecule has 0 aliphatic heterocycles. The third-order valence-corrected chi connectivity index (χ3v) is 5.07. The van der Waals surface area contributed by atoms with E-state index in [0.717, 1.165) is 15.6 Å². The molecule has 0 fully saturated rings. The van der Waals surface area contributed by atoms with Crippen molar-refractivity contribution in [3.05, 3.63) is 63.8 Å². The number of benzene rings is 1. The SMILES string of the molecule is CC1(C)CC(=O)c2c(oc(-c3ccc(F)cc3)c2Cn2cc(Br)cn2)C1. The van der Waals surface area contributed by atoms with Crippen molar-refractivity contribution in [3.63, 3.8) is 0 Å². The molecule has 2 aromatic heterocycles. The third-order valence-electron chi connectivity index (χ3n) is 4.67. The summed E-state index contributed by atoms with van der Waals surface area (Å²) in [6.45, 7) is 4.56. The van der Waals surface area contributed by atoms with E-state index in [1.54, 1.807) is 23.0 Å². The van der Waals surface area contributed by atoms with Gasteiger partial charge in [0.15, 0.2) is 5.78 Å². The molecule has 0 bridgehead atoms. The Morgan fingerprint density at radius 3 is 2.65 bits per heavy atom. The van der Waals surface area contributed by atoms with E-state index in [1.165, 1.54) is 12.1 Å². The average Bonchev–Trinajstić information content (AvgIpc) is 3.11. The summed E-state index contributed by atoms with van der Waals surface area (Å²) in [6, 6.07) is 6.16. The molecular weight excluding hydrogens is 399 g/mol.